The second-order valence-corrected chi connectivity index (χ2v) is 5.35. The maximum absolute atomic E-state index is 12.4. The van der Waals surface area contributed by atoms with E-state index in [0.717, 1.165) is 18.9 Å². The number of nitrogens with zero attached hydrogens (tertiary/aromatic N) is 2. The number of non-ortho nitro benzene ring substituents is 1. The van der Waals surface area contributed by atoms with E-state index in [2.05, 4.69) is 0 Å². The zero-order valence-corrected chi connectivity index (χ0v) is 11.7. The summed E-state index contributed by atoms with van der Waals surface area (Å²) < 4.78 is 0. The van der Waals surface area contributed by atoms with Gasteiger partial charge in [-0.05, 0) is 24.8 Å². The molecule has 7 nitrogen and oxygen atoms in total. The molecule has 0 spiro atoms. The van der Waals surface area contributed by atoms with Gasteiger partial charge in [-0.1, -0.05) is 11.6 Å². The van der Waals surface area contributed by atoms with Crippen LogP contribution in [0.4, 0.5) is 5.69 Å². The Morgan fingerprint density at radius 2 is 2.10 bits per heavy atom. The molecule has 112 valence electrons. The van der Waals surface area contributed by atoms with Gasteiger partial charge in [0, 0.05) is 18.7 Å². The van der Waals surface area contributed by atoms with Gasteiger partial charge in [0.15, 0.2) is 0 Å². The van der Waals surface area contributed by atoms with E-state index in [1.54, 1.807) is 0 Å². The molecule has 0 unspecified atom stereocenters. The second-order valence-electron chi connectivity index (χ2n) is 4.94. The maximum Gasteiger partial charge on any atom is 0.323 e. The molecule has 1 saturated carbocycles. The van der Waals surface area contributed by atoms with Gasteiger partial charge in [0.2, 0.25) is 0 Å². The molecule has 0 heterocycles. The highest BCUT2D eigenvalue weighted by atomic mass is 35.5. The van der Waals surface area contributed by atoms with Crippen LogP contribution in [-0.2, 0) is 4.79 Å². The molecule has 21 heavy (non-hydrogen) atoms. The third kappa shape index (κ3) is 3.91. The fraction of sp³-hybridized carbons (Fsp3) is 0.385. The Morgan fingerprint density at radius 3 is 2.62 bits per heavy atom. The molecule has 0 saturated heterocycles. The fourth-order valence-electron chi connectivity index (χ4n) is 1.96. The minimum Gasteiger partial charge on any atom is -0.480 e. The van der Waals surface area contributed by atoms with Gasteiger partial charge in [0.05, 0.1) is 15.5 Å². The van der Waals surface area contributed by atoms with Crippen LogP contribution in [-0.4, -0.2) is 39.9 Å². The Morgan fingerprint density at radius 1 is 1.43 bits per heavy atom. The first-order valence-electron chi connectivity index (χ1n) is 6.33. The number of rotatable bonds is 6. The molecular weight excluding hydrogens is 300 g/mol. The zero-order chi connectivity index (χ0) is 15.6. The van der Waals surface area contributed by atoms with Crippen LogP contribution in [0.5, 0.6) is 0 Å². The molecule has 1 aromatic carbocycles. The number of carbonyl (C=O) groups is 2. The number of benzene rings is 1. The summed E-state index contributed by atoms with van der Waals surface area (Å²) in [5.41, 5.74) is -0.308. The number of carboxylic acid groups (broad SMARTS) is 1. The zero-order valence-electron chi connectivity index (χ0n) is 11.0. The van der Waals surface area contributed by atoms with Crippen LogP contribution in [0, 0.1) is 16.0 Å². The number of carbonyl (C=O) groups excluding carboxylic acids is 1. The lowest BCUT2D eigenvalue weighted by atomic mass is 10.1. The van der Waals surface area contributed by atoms with Crippen LogP contribution < -0.4 is 0 Å². The number of hydrogen-bond donors (Lipinski definition) is 1. The second kappa shape index (κ2) is 6.09. The summed E-state index contributed by atoms with van der Waals surface area (Å²) in [5, 5.41) is 19.7. The highest BCUT2D eigenvalue weighted by molar-refractivity contribution is 6.34. The van der Waals surface area contributed by atoms with Gasteiger partial charge in [-0.3, -0.25) is 19.7 Å². The normalized spacial score (nSPS) is 13.8. The molecule has 8 heteroatoms. The summed E-state index contributed by atoms with van der Waals surface area (Å²) in [7, 11) is 0. The van der Waals surface area contributed by atoms with Gasteiger partial charge >= 0.3 is 5.97 Å². The lowest BCUT2D eigenvalue weighted by Crippen LogP contribution is -2.37. The molecule has 0 bridgehead atoms. The summed E-state index contributed by atoms with van der Waals surface area (Å²) >= 11 is 5.91. The minimum absolute atomic E-state index is 0.0484. The molecule has 0 radical (unpaired) electrons. The van der Waals surface area contributed by atoms with Crippen molar-refractivity contribution in [3.8, 4) is 0 Å². The van der Waals surface area contributed by atoms with Crippen LogP contribution in [0.3, 0.4) is 0 Å². The fourth-order valence-corrected chi connectivity index (χ4v) is 2.15. The van der Waals surface area contributed by atoms with Gasteiger partial charge in [-0.2, -0.15) is 0 Å². The summed E-state index contributed by atoms with van der Waals surface area (Å²) in [5.74, 6) is -1.44. The number of nitro benzene ring substituents is 1. The van der Waals surface area contributed by atoms with Gasteiger partial charge < -0.3 is 10.0 Å². The van der Waals surface area contributed by atoms with Gasteiger partial charge in [-0.25, -0.2) is 0 Å². The highest BCUT2D eigenvalue weighted by Gasteiger charge is 2.29. The molecule has 0 aliphatic heterocycles. The minimum atomic E-state index is -1.13. The third-order valence-corrected chi connectivity index (χ3v) is 3.51. The highest BCUT2D eigenvalue weighted by Crippen LogP contribution is 2.31. The molecule has 1 N–H and O–H groups in total. The molecule has 1 fully saturated rings. The number of hydrogen-bond acceptors (Lipinski definition) is 4. The van der Waals surface area contributed by atoms with Crippen molar-refractivity contribution in [3.05, 3.63) is 38.9 Å². The lowest BCUT2D eigenvalue weighted by Gasteiger charge is -2.21. The van der Waals surface area contributed by atoms with E-state index < -0.39 is 23.3 Å². The molecule has 1 aromatic rings. The van der Waals surface area contributed by atoms with E-state index in [9.17, 15) is 19.7 Å². The molecule has 0 aromatic heterocycles. The van der Waals surface area contributed by atoms with Crippen molar-refractivity contribution in [1.29, 1.82) is 0 Å². The summed E-state index contributed by atoms with van der Waals surface area (Å²) in [4.78, 5) is 34.6. The number of aliphatic carboxylic acids is 1. The first-order valence-corrected chi connectivity index (χ1v) is 6.71. The quantitative estimate of drug-likeness (QED) is 0.641. The molecule has 0 atom stereocenters. The third-order valence-electron chi connectivity index (χ3n) is 3.18. The van der Waals surface area contributed by atoms with Gasteiger partial charge in [-0.15, -0.1) is 0 Å². The van der Waals surface area contributed by atoms with Gasteiger partial charge in [0.25, 0.3) is 11.6 Å². The molecule has 1 aliphatic rings. The molecule has 2 rings (SSSR count). The Hall–Kier alpha value is -2.15. The average molecular weight is 313 g/mol. The van der Waals surface area contributed by atoms with E-state index in [1.807, 2.05) is 0 Å². The maximum atomic E-state index is 12.4. The van der Waals surface area contributed by atoms with Crippen molar-refractivity contribution >= 4 is 29.2 Å². The van der Waals surface area contributed by atoms with E-state index in [1.165, 1.54) is 17.0 Å². The molecular formula is C13H13ClN2O5. The largest absolute Gasteiger partial charge is 0.480 e. The smallest absolute Gasteiger partial charge is 0.323 e. The number of carboxylic acids is 1. The van der Waals surface area contributed by atoms with Crippen LogP contribution >= 0.6 is 11.6 Å². The lowest BCUT2D eigenvalue weighted by molar-refractivity contribution is -0.384. The summed E-state index contributed by atoms with van der Waals surface area (Å²) in [6.07, 6.45) is 1.90. The van der Waals surface area contributed by atoms with Crippen molar-refractivity contribution in [1.82, 2.24) is 4.90 Å². The topological polar surface area (TPSA) is 101 Å². The van der Waals surface area contributed by atoms with E-state index in [0.29, 0.717) is 12.5 Å². The van der Waals surface area contributed by atoms with Crippen molar-refractivity contribution in [2.45, 2.75) is 12.8 Å². The predicted molar refractivity (Wildman–Crippen MR) is 74.4 cm³/mol. The first kappa shape index (κ1) is 15.2. The first-order chi connectivity index (χ1) is 9.88. The average Bonchev–Trinajstić information content (AvgIpc) is 3.21. The molecule has 1 amide bonds. The van der Waals surface area contributed by atoms with E-state index in [-0.39, 0.29) is 16.3 Å². The van der Waals surface area contributed by atoms with E-state index in [4.69, 9.17) is 16.7 Å². The number of nitro groups is 1. The molecule has 1 aliphatic carbocycles. The monoisotopic (exact) mass is 312 g/mol. The summed E-state index contributed by atoms with van der Waals surface area (Å²) in [6, 6.07) is 3.54. The van der Waals surface area contributed by atoms with Crippen molar-refractivity contribution in [3.63, 3.8) is 0 Å². The Labute approximate surface area is 125 Å². The van der Waals surface area contributed by atoms with Crippen molar-refractivity contribution in [2.24, 2.45) is 5.92 Å². The standard InChI is InChI=1S/C13H13ClN2O5/c14-11-4-3-9(16(20)21)5-10(11)13(19)15(7-12(17)18)6-8-1-2-8/h3-5,8H,1-2,6-7H2,(H,17,18). The van der Waals surface area contributed by atoms with Crippen LogP contribution in [0.25, 0.3) is 0 Å². The SMILES string of the molecule is O=C(O)CN(CC1CC1)C(=O)c1cc([N+](=O)[O-])ccc1Cl. The van der Waals surface area contributed by atoms with Gasteiger partial charge in [0.1, 0.15) is 6.54 Å². The van der Waals surface area contributed by atoms with Crippen LogP contribution in [0.2, 0.25) is 5.02 Å². The Balaban J connectivity index is 2.27. The van der Waals surface area contributed by atoms with Crippen LogP contribution in [0.1, 0.15) is 23.2 Å². The van der Waals surface area contributed by atoms with Crippen molar-refractivity contribution < 1.29 is 19.6 Å². The summed E-state index contributed by atoms with van der Waals surface area (Å²) in [6.45, 7) is -0.126. The number of amides is 1. The predicted octanol–water partition coefficient (Wildman–Crippen LogP) is 2.18. The number of halogens is 1. The van der Waals surface area contributed by atoms with E-state index >= 15 is 0 Å². The van der Waals surface area contributed by atoms with Crippen LogP contribution in [0.15, 0.2) is 18.2 Å². The Bertz CT molecular complexity index is 600. The Kier molecular flexibility index (Phi) is 4.42. The van der Waals surface area contributed by atoms with Crippen molar-refractivity contribution in [2.75, 3.05) is 13.1 Å².